The molecular formula is C40H53N5O7S. The summed E-state index contributed by atoms with van der Waals surface area (Å²) in [6.45, 7) is 15.9. The Balaban J connectivity index is 1.21. The maximum atomic E-state index is 14.2. The summed E-state index contributed by atoms with van der Waals surface area (Å²) in [7, 11) is 0. The molecule has 1 aromatic heterocycles. The Kier molecular flexibility index (Phi) is 12.2. The van der Waals surface area contributed by atoms with E-state index in [2.05, 4.69) is 15.6 Å². The molecule has 0 radical (unpaired) electrons. The van der Waals surface area contributed by atoms with E-state index in [1.165, 1.54) is 4.90 Å². The van der Waals surface area contributed by atoms with Crippen LogP contribution in [-0.2, 0) is 14.3 Å². The van der Waals surface area contributed by atoms with E-state index in [1.807, 2.05) is 85.2 Å². The van der Waals surface area contributed by atoms with Gasteiger partial charge < -0.3 is 35.0 Å². The van der Waals surface area contributed by atoms with Crippen molar-refractivity contribution in [3.8, 4) is 16.2 Å². The first-order valence-corrected chi connectivity index (χ1v) is 19.1. The quantitative estimate of drug-likeness (QED) is 0.246. The van der Waals surface area contributed by atoms with Crippen LogP contribution in [0.15, 0.2) is 54.0 Å². The second-order valence-electron chi connectivity index (χ2n) is 16.1. The zero-order chi connectivity index (χ0) is 38.7. The van der Waals surface area contributed by atoms with E-state index in [-0.39, 0.29) is 37.1 Å². The molecule has 3 heterocycles. The van der Waals surface area contributed by atoms with Gasteiger partial charge >= 0.3 is 6.09 Å². The highest BCUT2D eigenvalue weighted by Crippen LogP contribution is 2.30. The van der Waals surface area contributed by atoms with Gasteiger partial charge in [0.25, 0.3) is 5.91 Å². The van der Waals surface area contributed by atoms with E-state index in [0.717, 1.165) is 21.7 Å². The summed E-state index contributed by atoms with van der Waals surface area (Å²) in [6.07, 6.45) is -0.0412. The van der Waals surface area contributed by atoms with Crippen molar-refractivity contribution in [1.29, 1.82) is 0 Å². The van der Waals surface area contributed by atoms with Crippen LogP contribution in [0.2, 0.25) is 0 Å². The number of amides is 4. The third-order valence-electron chi connectivity index (χ3n) is 9.52. The summed E-state index contributed by atoms with van der Waals surface area (Å²) in [5, 5.41) is 16.6. The number of aryl methyl sites for hydroxylation is 1. The van der Waals surface area contributed by atoms with Crippen LogP contribution in [0.25, 0.3) is 10.4 Å². The Morgan fingerprint density at radius 3 is 2.26 bits per heavy atom. The summed E-state index contributed by atoms with van der Waals surface area (Å²) in [5.74, 6) is -0.766. The lowest BCUT2D eigenvalue weighted by Crippen LogP contribution is -2.57. The molecule has 0 saturated carbocycles. The lowest BCUT2D eigenvalue weighted by atomic mass is 9.85. The Bertz CT molecular complexity index is 1770. The minimum absolute atomic E-state index is 0.0211. The van der Waals surface area contributed by atoms with Gasteiger partial charge in [0.1, 0.15) is 29.5 Å². The number of nitrogens with one attached hydrogen (secondary N) is 2. The normalized spacial score (nSPS) is 19.3. The van der Waals surface area contributed by atoms with Gasteiger partial charge in [-0.2, -0.15) is 0 Å². The number of hydrogen-bond donors (Lipinski definition) is 3. The predicted molar refractivity (Wildman–Crippen MR) is 204 cm³/mol. The minimum atomic E-state index is -0.988. The van der Waals surface area contributed by atoms with Gasteiger partial charge in [0.05, 0.1) is 28.2 Å². The molecule has 2 fully saturated rings. The van der Waals surface area contributed by atoms with Crippen LogP contribution in [0.5, 0.6) is 5.75 Å². The fourth-order valence-electron chi connectivity index (χ4n) is 6.62. The van der Waals surface area contributed by atoms with Gasteiger partial charge in [-0.15, -0.1) is 11.3 Å². The van der Waals surface area contributed by atoms with Crippen molar-refractivity contribution in [3.05, 3.63) is 70.9 Å². The first-order chi connectivity index (χ1) is 24.9. The zero-order valence-electron chi connectivity index (χ0n) is 32.0. The first kappa shape index (κ1) is 39.7. The van der Waals surface area contributed by atoms with Crippen LogP contribution in [-0.4, -0.2) is 93.2 Å². The number of hydrogen-bond acceptors (Lipinski definition) is 9. The Hall–Kier alpha value is -4.49. The first-order valence-electron chi connectivity index (χ1n) is 18.2. The van der Waals surface area contributed by atoms with Crippen LogP contribution >= 0.6 is 11.3 Å². The summed E-state index contributed by atoms with van der Waals surface area (Å²) in [5.41, 5.74) is 3.76. The molecule has 286 valence electrons. The van der Waals surface area contributed by atoms with Crippen molar-refractivity contribution in [2.45, 2.75) is 111 Å². The van der Waals surface area contributed by atoms with Gasteiger partial charge in [0.2, 0.25) is 11.8 Å². The maximum absolute atomic E-state index is 14.2. The maximum Gasteiger partial charge on any atom is 0.410 e. The van der Waals surface area contributed by atoms with Crippen LogP contribution in [0.4, 0.5) is 4.79 Å². The average molecular weight is 748 g/mol. The topological polar surface area (TPSA) is 150 Å². The molecule has 2 unspecified atom stereocenters. The van der Waals surface area contributed by atoms with Gasteiger partial charge in [-0.1, -0.05) is 51.1 Å². The molecule has 0 bridgehead atoms. The monoisotopic (exact) mass is 747 g/mol. The molecule has 2 saturated heterocycles. The summed E-state index contributed by atoms with van der Waals surface area (Å²) >= 11 is 1.58. The summed E-state index contributed by atoms with van der Waals surface area (Å²) in [6, 6.07) is 12.5. The number of carbonyl (C=O) groups excluding carboxylic acids is 4. The third kappa shape index (κ3) is 10.1. The van der Waals surface area contributed by atoms with E-state index in [0.29, 0.717) is 37.2 Å². The SMILES string of the molecule is Cc1ncsc1-c1ccc(C(C)NC(=O)[C@@H]2C[C@@H](O)CN2C(=O)C(NC(=O)c2cccc(OC3CCN(C(=O)OC(C)(C)C)CC3)c2)C(C)(C)C)cc1. The number of aliphatic hydroxyl groups is 1. The smallest absolute Gasteiger partial charge is 0.410 e. The highest BCUT2D eigenvalue weighted by molar-refractivity contribution is 7.13. The Morgan fingerprint density at radius 1 is 0.981 bits per heavy atom. The standard InChI is InChI=1S/C40H53N5O7S/c1-24(26-12-14-27(15-13-26)33-25(2)41-23-53-33)42-36(48)32-21-29(46)22-45(32)37(49)34(39(3,4)5)43-35(47)28-10-9-11-31(20-28)51-30-16-18-44(19-17-30)38(50)52-40(6,7)8/h9-15,20,23-24,29-30,32,34,46H,16-19,21-22H2,1-8H3,(H,42,48)(H,43,47)/t24?,29-,32+,34?/m1/s1. The van der Waals surface area contributed by atoms with Crippen LogP contribution in [0.3, 0.4) is 0 Å². The van der Waals surface area contributed by atoms with Gasteiger partial charge in [-0.05, 0) is 69.4 Å². The fraction of sp³-hybridized carbons (Fsp3) is 0.525. The van der Waals surface area contributed by atoms with Crippen molar-refractivity contribution in [2.75, 3.05) is 19.6 Å². The molecule has 4 amide bonds. The molecule has 2 aliphatic rings. The second kappa shape index (κ2) is 16.3. The largest absolute Gasteiger partial charge is 0.490 e. The van der Waals surface area contributed by atoms with Crippen LogP contribution < -0.4 is 15.4 Å². The third-order valence-corrected chi connectivity index (χ3v) is 10.5. The van der Waals surface area contributed by atoms with Crippen LogP contribution in [0, 0.1) is 12.3 Å². The number of thiazole rings is 1. The number of β-amino-alcohol motifs (C(OH)–C–C–N with tert-alkyl or cyclic N) is 1. The number of nitrogens with zero attached hydrogens (tertiary/aromatic N) is 3. The number of aromatic nitrogens is 1. The Morgan fingerprint density at radius 2 is 1.66 bits per heavy atom. The number of benzene rings is 2. The highest BCUT2D eigenvalue weighted by atomic mass is 32.1. The molecule has 4 atom stereocenters. The molecule has 5 rings (SSSR count). The number of likely N-dealkylation sites (tertiary alicyclic amines) is 2. The van der Waals surface area contributed by atoms with Gasteiger partial charge in [-0.25, -0.2) is 9.78 Å². The van der Waals surface area contributed by atoms with E-state index in [4.69, 9.17) is 9.47 Å². The van der Waals surface area contributed by atoms with Crippen molar-refractivity contribution < 1.29 is 33.8 Å². The molecule has 3 aromatic rings. The molecule has 0 aliphatic carbocycles. The van der Waals surface area contributed by atoms with Crippen molar-refractivity contribution in [3.63, 3.8) is 0 Å². The minimum Gasteiger partial charge on any atom is -0.490 e. The zero-order valence-corrected chi connectivity index (χ0v) is 32.8. The van der Waals surface area contributed by atoms with Crippen molar-refractivity contribution in [1.82, 2.24) is 25.4 Å². The number of piperidine rings is 1. The lowest BCUT2D eigenvalue weighted by molar-refractivity contribution is -0.142. The number of ether oxygens (including phenoxy) is 2. The average Bonchev–Trinajstić information content (AvgIpc) is 3.71. The molecule has 53 heavy (non-hydrogen) atoms. The lowest BCUT2D eigenvalue weighted by Gasteiger charge is -2.35. The fourth-order valence-corrected chi connectivity index (χ4v) is 7.43. The van der Waals surface area contributed by atoms with E-state index < -0.39 is 41.0 Å². The van der Waals surface area contributed by atoms with Gasteiger partial charge in [0, 0.05) is 44.5 Å². The van der Waals surface area contributed by atoms with Gasteiger partial charge in [0.15, 0.2) is 0 Å². The van der Waals surface area contributed by atoms with Crippen LogP contribution in [0.1, 0.15) is 95.4 Å². The molecule has 2 aliphatic heterocycles. The predicted octanol–water partition coefficient (Wildman–Crippen LogP) is 5.88. The summed E-state index contributed by atoms with van der Waals surface area (Å²) < 4.78 is 11.7. The van der Waals surface area contributed by atoms with E-state index in [9.17, 15) is 24.3 Å². The molecule has 13 heteroatoms. The number of aliphatic hydroxyl groups excluding tert-OH is 1. The number of rotatable bonds is 9. The molecule has 3 N–H and O–H groups in total. The number of carbonyl (C=O) groups is 4. The summed E-state index contributed by atoms with van der Waals surface area (Å²) in [4.78, 5) is 62.5. The molecule has 2 aromatic carbocycles. The second-order valence-corrected chi connectivity index (χ2v) is 17.0. The molecule has 0 spiro atoms. The van der Waals surface area contributed by atoms with E-state index in [1.54, 1.807) is 40.5 Å². The molecule has 12 nitrogen and oxygen atoms in total. The molecular weight excluding hydrogens is 695 g/mol. The van der Waals surface area contributed by atoms with Crippen molar-refractivity contribution >= 4 is 35.2 Å². The highest BCUT2D eigenvalue weighted by Gasteiger charge is 2.45. The van der Waals surface area contributed by atoms with Gasteiger partial charge in [-0.3, -0.25) is 14.4 Å². The Labute approximate surface area is 316 Å². The van der Waals surface area contributed by atoms with Crippen molar-refractivity contribution in [2.24, 2.45) is 5.41 Å². The van der Waals surface area contributed by atoms with E-state index >= 15 is 0 Å².